The number of guanidine groups is 1. The number of likely N-dealkylation sites (tertiary alicyclic amines) is 1. The summed E-state index contributed by atoms with van der Waals surface area (Å²) >= 11 is 0. The molecular weight excluding hydrogens is 507 g/mol. The van der Waals surface area contributed by atoms with E-state index in [1.807, 2.05) is 31.2 Å². The van der Waals surface area contributed by atoms with Crippen LogP contribution in [0.25, 0.3) is 0 Å². The van der Waals surface area contributed by atoms with Crippen molar-refractivity contribution in [2.45, 2.75) is 58.8 Å². The molecule has 0 amide bonds. The minimum atomic E-state index is -0.0170. The molecule has 1 unspecified atom stereocenters. The molecule has 0 spiro atoms. The molecule has 178 valence electrons. The molecule has 1 aliphatic heterocycles. The van der Waals surface area contributed by atoms with Crippen LogP contribution < -0.4 is 20.1 Å². The van der Waals surface area contributed by atoms with E-state index in [9.17, 15) is 0 Å². The van der Waals surface area contributed by atoms with Crippen molar-refractivity contribution in [3.05, 3.63) is 24.3 Å². The van der Waals surface area contributed by atoms with Crippen LogP contribution in [0.15, 0.2) is 29.3 Å². The average Bonchev–Trinajstić information content (AvgIpc) is 2.74. The van der Waals surface area contributed by atoms with Gasteiger partial charge in [0, 0.05) is 32.2 Å². The third-order valence-corrected chi connectivity index (χ3v) is 5.03. The quantitative estimate of drug-likeness (QED) is 0.251. The first-order valence-corrected chi connectivity index (χ1v) is 11.2. The van der Waals surface area contributed by atoms with Crippen LogP contribution in [0.1, 0.15) is 40.5 Å². The summed E-state index contributed by atoms with van der Waals surface area (Å²) in [6, 6.07) is 8.09. The Bertz CT molecular complexity index is 620. The Balaban J connectivity index is 0.00000480. The molecule has 1 fully saturated rings. The molecule has 1 atom stereocenters. The fourth-order valence-corrected chi connectivity index (χ4v) is 3.38. The van der Waals surface area contributed by atoms with Gasteiger partial charge in [0.05, 0.1) is 26.4 Å². The summed E-state index contributed by atoms with van der Waals surface area (Å²) in [6.07, 6.45) is 2.52. The predicted molar refractivity (Wildman–Crippen MR) is 138 cm³/mol. The highest BCUT2D eigenvalue weighted by molar-refractivity contribution is 14.0. The molecule has 0 radical (unpaired) electrons. The van der Waals surface area contributed by atoms with E-state index in [1.54, 1.807) is 7.11 Å². The molecular formula is C23H41IN4O3. The molecule has 1 saturated heterocycles. The number of nitrogens with zero attached hydrogens (tertiary/aromatic N) is 2. The van der Waals surface area contributed by atoms with E-state index in [-0.39, 0.29) is 30.1 Å². The summed E-state index contributed by atoms with van der Waals surface area (Å²) in [7, 11) is 1.66. The molecule has 8 heteroatoms. The fourth-order valence-electron chi connectivity index (χ4n) is 3.38. The van der Waals surface area contributed by atoms with Crippen LogP contribution in [0.4, 0.5) is 0 Å². The van der Waals surface area contributed by atoms with E-state index in [2.05, 4.69) is 36.3 Å². The average molecular weight is 549 g/mol. The molecule has 2 rings (SSSR count). The Morgan fingerprint density at radius 1 is 1.13 bits per heavy atom. The summed E-state index contributed by atoms with van der Waals surface area (Å²) in [6.45, 7) is 13.7. The van der Waals surface area contributed by atoms with Gasteiger partial charge in [-0.1, -0.05) is 0 Å². The fraction of sp³-hybridized carbons (Fsp3) is 0.696. The zero-order valence-electron chi connectivity index (χ0n) is 19.7. The SMILES string of the molecule is CCNC(=NCC(C)Oc1ccc(OC)cc1)NC1CCN(CCOC(C)C)CC1.I. The molecule has 0 saturated carbocycles. The van der Waals surface area contributed by atoms with Gasteiger partial charge in [0.2, 0.25) is 0 Å². The molecule has 31 heavy (non-hydrogen) atoms. The first-order chi connectivity index (χ1) is 14.5. The molecule has 0 aliphatic carbocycles. The molecule has 1 aromatic carbocycles. The van der Waals surface area contributed by atoms with Crippen molar-refractivity contribution >= 4 is 29.9 Å². The number of nitrogens with one attached hydrogen (secondary N) is 2. The zero-order valence-corrected chi connectivity index (χ0v) is 22.1. The van der Waals surface area contributed by atoms with Gasteiger partial charge in [0.15, 0.2) is 5.96 Å². The van der Waals surface area contributed by atoms with E-state index >= 15 is 0 Å². The van der Waals surface area contributed by atoms with Crippen molar-refractivity contribution in [3.8, 4) is 11.5 Å². The lowest BCUT2D eigenvalue weighted by Crippen LogP contribution is -2.49. The van der Waals surface area contributed by atoms with Crippen LogP contribution in [0.5, 0.6) is 11.5 Å². The number of methoxy groups -OCH3 is 1. The second kappa shape index (κ2) is 15.5. The van der Waals surface area contributed by atoms with Crippen molar-refractivity contribution in [2.75, 3.05) is 46.4 Å². The number of piperidine rings is 1. The Morgan fingerprint density at radius 2 is 1.77 bits per heavy atom. The number of hydrogen-bond donors (Lipinski definition) is 2. The number of rotatable bonds is 11. The summed E-state index contributed by atoms with van der Waals surface area (Å²) in [4.78, 5) is 7.22. The van der Waals surface area contributed by atoms with E-state index < -0.39 is 0 Å². The lowest BCUT2D eigenvalue weighted by atomic mass is 10.1. The summed E-state index contributed by atoms with van der Waals surface area (Å²) < 4.78 is 16.8. The lowest BCUT2D eigenvalue weighted by molar-refractivity contribution is 0.0532. The second-order valence-electron chi connectivity index (χ2n) is 8.00. The third kappa shape index (κ3) is 11.2. The van der Waals surface area contributed by atoms with Gasteiger partial charge in [-0.05, 0) is 64.8 Å². The monoisotopic (exact) mass is 548 g/mol. The number of ether oxygens (including phenoxy) is 3. The Hall–Kier alpha value is -1.26. The molecule has 2 N–H and O–H groups in total. The molecule has 0 bridgehead atoms. The Morgan fingerprint density at radius 3 is 2.35 bits per heavy atom. The van der Waals surface area contributed by atoms with Gasteiger partial charge in [-0.2, -0.15) is 0 Å². The van der Waals surface area contributed by atoms with Crippen molar-refractivity contribution in [3.63, 3.8) is 0 Å². The molecule has 7 nitrogen and oxygen atoms in total. The van der Waals surface area contributed by atoms with Crippen LogP contribution in [0.2, 0.25) is 0 Å². The second-order valence-corrected chi connectivity index (χ2v) is 8.00. The maximum atomic E-state index is 5.96. The smallest absolute Gasteiger partial charge is 0.191 e. The highest BCUT2D eigenvalue weighted by atomic mass is 127. The predicted octanol–water partition coefficient (Wildman–Crippen LogP) is 3.53. The lowest BCUT2D eigenvalue weighted by Gasteiger charge is -2.33. The van der Waals surface area contributed by atoms with Crippen molar-refractivity contribution in [2.24, 2.45) is 4.99 Å². The summed E-state index contributed by atoms with van der Waals surface area (Å²) in [5.41, 5.74) is 0. The molecule has 1 aliphatic rings. The van der Waals surface area contributed by atoms with Crippen LogP contribution in [0, 0.1) is 0 Å². The molecule has 0 aromatic heterocycles. The Kier molecular flexibility index (Phi) is 13.9. The van der Waals surface area contributed by atoms with Crippen LogP contribution >= 0.6 is 24.0 Å². The van der Waals surface area contributed by atoms with Gasteiger partial charge in [-0.15, -0.1) is 24.0 Å². The standard InChI is InChI=1S/C23H40N4O3.HI/c1-6-24-23(25-17-19(4)30-22-9-7-21(28-5)8-10-22)26-20-11-13-27(14-12-20)15-16-29-18(2)3;/h7-10,18-20H,6,11-17H2,1-5H3,(H2,24,25,26);1H. The highest BCUT2D eigenvalue weighted by Gasteiger charge is 2.20. The van der Waals surface area contributed by atoms with E-state index in [4.69, 9.17) is 19.2 Å². The zero-order chi connectivity index (χ0) is 21.8. The van der Waals surface area contributed by atoms with Gasteiger partial charge >= 0.3 is 0 Å². The number of hydrogen-bond acceptors (Lipinski definition) is 5. The molecule has 1 heterocycles. The van der Waals surface area contributed by atoms with E-state index in [1.165, 1.54) is 0 Å². The summed E-state index contributed by atoms with van der Waals surface area (Å²) in [5.74, 6) is 2.51. The van der Waals surface area contributed by atoms with Crippen LogP contribution in [-0.2, 0) is 4.74 Å². The minimum Gasteiger partial charge on any atom is -0.497 e. The maximum Gasteiger partial charge on any atom is 0.191 e. The van der Waals surface area contributed by atoms with Crippen molar-refractivity contribution in [1.29, 1.82) is 0 Å². The highest BCUT2D eigenvalue weighted by Crippen LogP contribution is 2.18. The van der Waals surface area contributed by atoms with Crippen molar-refractivity contribution < 1.29 is 14.2 Å². The number of benzene rings is 1. The topological polar surface area (TPSA) is 67.4 Å². The Labute approximate surface area is 205 Å². The van der Waals surface area contributed by atoms with Gasteiger partial charge in [-0.3, -0.25) is 0 Å². The number of aliphatic imine (C=N–C) groups is 1. The van der Waals surface area contributed by atoms with Crippen molar-refractivity contribution in [1.82, 2.24) is 15.5 Å². The van der Waals surface area contributed by atoms with E-state index in [0.717, 1.165) is 63.1 Å². The normalized spacial score (nSPS) is 16.5. The van der Waals surface area contributed by atoms with Gasteiger partial charge in [0.1, 0.15) is 17.6 Å². The van der Waals surface area contributed by atoms with Gasteiger partial charge in [-0.25, -0.2) is 4.99 Å². The number of halogens is 1. The first kappa shape index (κ1) is 27.8. The third-order valence-electron chi connectivity index (χ3n) is 5.03. The first-order valence-electron chi connectivity index (χ1n) is 11.2. The largest absolute Gasteiger partial charge is 0.497 e. The van der Waals surface area contributed by atoms with Gasteiger partial charge < -0.3 is 29.7 Å². The van der Waals surface area contributed by atoms with Crippen LogP contribution in [-0.4, -0.2) is 75.5 Å². The minimum absolute atomic E-state index is 0. The van der Waals surface area contributed by atoms with E-state index in [0.29, 0.717) is 18.7 Å². The van der Waals surface area contributed by atoms with Crippen LogP contribution in [0.3, 0.4) is 0 Å². The molecule has 1 aromatic rings. The summed E-state index contributed by atoms with van der Waals surface area (Å²) in [5, 5.41) is 6.95. The van der Waals surface area contributed by atoms with Gasteiger partial charge in [0.25, 0.3) is 0 Å². The maximum absolute atomic E-state index is 5.96.